The number of methoxy groups -OCH3 is 1. The number of hydrogen-bond donors (Lipinski definition) is 2. The van der Waals surface area contributed by atoms with E-state index in [1.807, 2.05) is 6.92 Å². The van der Waals surface area contributed by atoms with E-state index in [9.17, 15) is 14.4 Å². The van der Waals surface area contributed by atoms with Gasteiger partial charge in [-0.15, -0.1) is 0 Å². The number of esters is 1. The topological polar surface area (TPSA) is 87.7 Å². The normalized spacial score (nSPS) is 18.6. The quantitative estimate of drug-likeness (QED) is 0.539. The van der Waals surface area contributed by atoms with E-state index in [1.54, 1.807) is 4.90 Å². The zero-order chi connectivity index (χ0) is 15.0. The molecule has 0 aromatic rings. The van der Waals surface area contributed by atoms with Gasteiger partial charge in [0.05, 0.1) is 13.7 Å². The molecule has 0 spiro atoms. The van der Waals surface area contributed by atoms with Crippen molar-refractivity contribution >= 4 is 17.9 Å². The summed E-state index contributed by atoms with van der Waals surface area (Å²) in [5, 5.41) is 4.86. The molecule has 0 saturated carbocycles. The number of urea groups is 1. The monoisotopic (exact) mass is 285 g/mol. The third-order valence-corrected chi connectivity index (χ3v) is 3.25. The van der Waals surface area contributed by atoms with Crippen LogP contribution in [0.2, 0.25) is 0 Å². The van der Waals surface area contributed by atoms with Gasteiger partial charge in [-0.25, -0.2) is 4.79 Å². The van der Waals surface area contributed by atoms with Gasteiger partial charge >= 0.3 is 12.0 Å². The second kappa shape index (κ2) is 8.52. The highest BCUT2D eigenvalue weighted by Crippen LogP contribution is 2.17. The summed E-state index contributed by atoms with van der Waals surface area (Å²) in [6, 6.07) is -0.869. The first-order valence-electron chi connectivity index (χ1n) is 6.98. The highest BCUT2D eigenvalue weighted by atomic mass is 16.5. The maximum absolute atomic E-state index is 11.7. The second-order valence-electron chi connectivity index (χ2n) is 4.81. The number of unbranched alkanes of at least 4 members (excludes halogenated alkanes) is 1. The molecule has 3 amide bonds. The number of carbonyl (C=O) groups excluding carboxylic acids is 3. The van der Waals surface area contributed by atoms with Gasteiger partial charge < -0.3 is 10.1 Å². The molecule has 2 N–H and O–H groups in total. The lowest BCUT2D eigenvalue weighted by Crippen LogP contribution is -2.47. The van der Waals surface area contributed by atoms with Crippen molar-refractivity contribution in [2.45, 2.75) is 38.6 Å². The lowest BCUT2D eigenvalue weighted by Gasteiger charge is -2.21. The average molecular weight is 285 g/mol. The summed E-state index contributed by atoms with van der Waals surface area (Å²) in [6.07, 6.45) is 3.37. The average Bonchev–Trinajstić information content (AvgIpc) is 2.86. The van der Waals surface area contributed by atoms with Gasteiger partial charge in [0.15, 0.2) is 0 Å². The van der Waals surface area contributed by atoms with Crippen molar-refractivity contribution in [3.05, 3.63) is 0 Å². The molecule has 0 bridgehead atoms. The molecule has 0 aromatic carbocycles. The molecule has 1 aliphatic rings. The number of nitrogens with zero attached hydrogens (tertiary/aromatic N) is 1. The summed E-state index contributed by atoms with van der Waals surface area (Å²) < 4.78 is 4.70. The smallest absolute Gasteiger partial charge is 0.323 e. The Morgan fingerprint density at radius 3 is 2.75 bits per heavy atom. The number of hydrogen-bond acceptors (Lipinski definition) is 5. The standard InChI is InChI=1S/C13H23N3O4/c1-3-4-7-14-13(19)15-11(17)9-16-8-5-6-10(16)12(18)20-2/h10H,3-9H2,1-2H3,(H2,14,15,17,19). The number of amides is 3. The van der Waals surface area contributed by atoms with E-state index >= 15 is 0 Å². The van der Waals surface area contributed by atoms with Crippen molar-refractivity contribution in [1.29, 1.82) is 0 Å². The first-order chi connectivity index (χ1) is 9.58. The van der Waals surface area contributed by atoms with Crippen LogP contribution in [0.25, 0.3) is 0 Å². The van der Waals surface area contributed by atoms with Crippen LogP contribution in [0.1, 0.15) is 32.6 Å². The zero-order valence-electron chi connectivity index (χ0n) is 12.1. The van der Waals surface area contributed by atoms with Gasteiger partial charge in [-0.05, 0) is 25.8 Å². The largest absolute Gasteiger partial charge is 0.468 e. The summed E-state index contributed by atoms with van der Waals surface area (Å²) in [5.41, 5.74) is 0. The molecule has 1 atom stereocenters. The van der Waals surface area contributed by atoms with E-state index in [2.05, 4.69) is 10.6 Å². The Morgan fingerprint density at radius 1 is 1.35 bits per heavy atom. The Kier molecular flexibility index (Phi) is 7.00. The predicted molar refractivity (Wildman–Crippen MR) is 73.1 cm³/mol. The van der Waals surface area contributed by atoms with E-state index < -0.39 is 11.9 Å². The van der Waals surface area contributed by atoms with Crippen LogP contribution in [0.5, 0.6) is 0 Å². The molecule has 7 heteroatoms. The molecule has 0 radical (unpaired) electrons. The van der Waals surface area contributed by atoms with Crippen molar-refractivity contribution in [3.63, 3.8) is 0 Å². The van der Waals surface area contributed by atoms with E-state index in [1.165, 1.54) is 7.11 Å². The third kappa shape index (κ3) is 5.16. The lowest BCUT2D eigenvalue weighted by atomic mass is 10.2. The molecular formula is C13H23N3O4. The van der Waals surface area contributed by atoms with Crippen molar-refractivity contribution in [3.8, 4) is 0 Å². The van der Waals surface area contributed by atoms with Gasteiger partial charge in [-0.2, -0.15) is 0 Å². The van der Waals surface area contributed by atoms with Crippen molar-refractivity contribution < 1.29 is 19.1 Å². The summed E-state index contributed by atoms with van der Waals surface area (Å²) in [6.45, 7) is 3.25. The molecule has 20 heavy (non-hydrogen) atoms. The minimum absolute atomic E-state index is 0.0287. The van der Waals surface area contributed by atoms with Crippen molar-refractivity contribution in [2.75, 3.05) is 26.7 Å². The predicted octanol–water partition coefficient (Wildman–Crippen LogP) is 0.250. The molecule has 1 aliphatic heterocycles. The SMILES string of the molecule is CCCCNC(=O)NC(=O)CN1CCCC1C(=O)OC. The van der Waals surface area contributed by atoms with E-state index in [0.29, 0.717) is 19.5 Å². The molecule has 1 unspecified atom stereocenters. The Balaban J connectivity index is 2.34. The van der Waals surface area contributed by atoms with Gasteiger partial charge in [-0.1, -0.05) is 13.3 Å². The number of nitrogens with one attached hydrogen (secondary N) is 2. The molecule has 1 rings (SSSR count). The molecule has 114 valence electrons. The van der Waals surface area contributed by atoms with Crippen LogP contribution < -0.4 is 10.6 Å². The summed E-state index contributed by atoms with van der Waals surface area (Å²) in [7, 11) is 1.33. The van der Waals surface area contributed by atoms with Crippen LogP contribution in [-0.2, 0) is 14.3 Å². The summed E-state index contributed by atoms with van der Waals surface area (Å²) in [4.78, 5) is 36.4. The minimum atomic E-state index is -0.489. The molecule has 1 saturated heterocycles. The number of imide groups is 1. The van der Waals surface area contributed by atoms with Gasteiger partial charge in [0.2, 0.25) is 5.91 Å². The zero-order valence-corrected chi connectivity index (χ0v) is 12.1. The Hall–Kier alpha value is -1.63. The third-order valence-electron chi connectivity index (χ3n) is 3.25. The van der Waals surface area contributed by atoms with Crippen LogP contribution >= 0.6 is 0 Å². The molecular weight excluding hydrogens is 262 g/mol. The minimum Gasteiger partial charge on any atom is -0.468 e. The maximum atomic E-state index is 11.7. The van der Waals surface area contributed by atoms with Gasteiger partial charge in [0.25, 0.3) is 0 Å². The lowest BCUT2D eigenvalue weighted by molar-refractivity contribution is -0.146. The number of rotatable bonds is 6. The van der Waals surface area contributed by atoms with Gasteiger partial charge in [0.1, 0.15) is 6.04 Å². The van der Waals surface area contributed by atoms with Crippen LogP contribution in [0.3, 0.4) is 0 Å². The van der Waals surface area contributed by atoms with Crippen LogP contribution in [0, 0.1) is 0 Å². The fraction of sp³-hybridized carbons (Fsp3) is 0.769. The molecule has 7 nitrogen and oxygen atoms in total. The van der Waals surface area contributed by atoms with E-state index in [4.69, 9.17) is 4.74 Å². The Labute approximate surface area is 119 Å². The van der Waals surface area contributed by atoms with Crippen molar-refractivity contribution in [1.82, 2.24) is 15.5 Å². The number of carbonyl (C=O) groups is 3. The first-order valence-corrected chi connectivity index (χ1v) is 6.98. The van der Waals surface area contributed by atoms with E-state index in [0.717, 1.165) is 19.3 Å². The van der Waals surface area contributed by atoms with Gasteiger partial charge in [-0.3, -0.25) is 19.8 Å². The fourth-order valence-corrected chi connectivity index (χ4v) is 2.19. The second-order valence-corrected chi connectivity index (χ2v) is 4.81. The van der Waals surface area contributed by atoms with Gasteiger partial charge in [0, 0.05) is 6.54 Å². The molecule has 1 fully saturated rings. The number of likely N-dealkylation sites (tertiary alicyclic amines) is 1. The van der Waals surface area contributed by atoms with Crippen LogP contribution in [-0.4, -0.2) is 55.6 Å². The number of ether oxygens (including phenoxy) is 1. The summed E-state index contributed by atoms with van der Waals surface area (Å²) >= 11 is 0. The molecule has 0 aliphatic carbocycles. The first kappa shape index (κ1) is 16.4. The highest BCUT2D eigenvalue weighted by Gasteiger charge is 2.32. The molecule has 1 heterocycles. The molecule has 0 aromatic heterocycles. The highest BCUT2D eigenvalue weighted by molar-refractivity contribution is 5.95. The van der Waals surface area contributed by atoms with E-state index in [-0.39, 0.29) is 18.6 Å². The Morgan fingerprint density at radius 2 is 2.10 bits per heavy atom. The van der Waals surface area contributed by atoms with Crippen LogP contribution in [0.15, 0.2) is 0 Å². The van der Waals surface area contributed by atoms with Crippen LogP contribution in [0.4, 0.5) is 4.79 Å². The van der Waals surface area contributed by atoms with Crippen molar-refractivity contribution in [2.24, 2.45) is 0 Å². The Bertz CT molecular complexity index is 360. The fourth-order valence-electron chi connectivity index (χ4n) is 2.19. The summed E-state index contributed by atoms with van der Waals surface area (Å²) in [5.74, 6) is -0.738. The maximum Gasteiger partial charge on any atom is 0.323 e.